The summed E-state index contributed by atoms with van der Waals surface area (Å²) in [4.78, 5) is 38.2. The lowest BCUT2D eigenvalue weighted by atomic mass is 10.0. The number of halogens is 3. The molecule has 0 radical (unpaired) electrons. The minimum Gasteiger partial charge on any atom is -0.344 e. The van der Waals surface area contributed by atoms with E-state index in [0.717, 1.165) is 0 Å². The van der Waals surface area contributed by atoms with E-state index >= 15 is 0 Å². The van der Waals surface area contributed by atoms with Gasteiger partial charge in [0.1, 0.15) is 5.82 Å². The maximum Gasteiger partial charge on any atom is 0.345 e. The van der Waals surface area contributed by atoms with Gasteiger partial charge < -0.3 is 19.9 Å². The topological polar surface area (TPSA) is 89.4 Å². The highest BCUT2D eigenvalue weighted by molar-refractivity contribution is 6.43. The zero-order valence-electron chi connectivity index (χ0n) is 18.7. The molecular formula is C22H26F3N3O4. The molecule has 0 saturated carbocycles. The average molecular weight is 453 g/mol. The molecule has 0 aliphatic rings. The first kappa shape index (κ1) is 25.1. The first-order chi connectivity index (χ1) is 14.7. The zero-order valence-corrected chi connectivity index (χ0v) is 18.7. The van der Waals surface area contributed by atoms with Gasteiger partial charge in [-0.2, -0.15) is 8.78 Å². The molecule has 0 spiro atoms. The van der Waals surface area contributed by atoms with Crippen molar-refractivity contribution >= 4 is 23.3 Å². The SMILES string of the molecule is Cc1cc(NC(=O)c2c(C)c(C(=O)C(=O)NC(C)(C)COC(F)F)n(C)c2C)ccc1F. The van der Waals surface area contributed by atoms with E-state index < -0.39 is 42.2 Å². The number of ketones is 1. The van der Waals surface area contributed by atoms with Gasteiger partial charge in [0.15, 0.2) is 0 Å². The molecule has 0 unspecified atom stereocenters. The van der Waals surface area contributed by atoms with Crippen LogP contribution in [0.5, 0.6) is 0 Å². The highest BCUT2D eigenvalue weighted by Crippen LogP contribution is 2.24. The summed E-state index contributed by atoms with van der Waals surface area (Å²) in [5.74, 6) is -2.87. The maximum atomic E-state index is 13.5. The number of hydrogen-bond donors (Lipinski definition) is 2. The lowest BCUT2D eigenvalue weighted by Gasteiger charge is -2.25. The van der Waals surface area contributed by atoms with Crippen LogP contribution in [0.1, 0.15) is 51.5 Å². The van der Waals surface area contributed by atoms with Gasteiger partial charge in [-0.1, -0.05) is 0 Å². The highest BCUT2D eigenvalue weighted by atomic mass is 19.3. The summed E-state index contributed by atoms with van der Waals surface area (Å²) < 4.78 is 43.7. The Hall–Kier alpha value is -3.14. The molecule has 2 aromatic rings. The molecule has 0 aliphatic heterocycles. The Kier molecular flexibility index (Phi) is 7.50. The standard InChI is InChI=1S/C22H26F3N3O4/c1-11-9-14(7-8-15(11)23)26-19(30)16-12(2)17(28(6)13(16)3)18(29)20(31)27-22(4,5)10-32-21(24)25/h7-9,21H,10H2,1-6H3,(H,26,30)(H,27,31). The molecule has 1 aromatic heterocycles. The largest absolute Gasteiger partial charge is 0.345 e. The first-order valence-corrected chi connectivity index (χ1v) is 9.75. The van der Waals surface area contributed by atoms with E-state index in [2.05, 4.69) is 15.4 Å². The van der Waals surface area contributed by atoms with Gasteiger partial charge in [-0.25, -0.2) is 4.39 Å². The predicted octanol–water partition coefficient (Wildman–Crippen LogP) is 3.66. The quantitative estimate of drug-likeness (QED) is 0.472. The zero-order chi connectivity index (χ0) is 24.4. The number of amides is 2. The Morgan fingerprint density at radius 3 is 2.34 bits per heavy atom. The minimum atomic E-state index is -3.01. The smallest absolute Gasteiger partial charge is 0.344 e. The number of anilines is 1. The van der Waals surface area contributed by atoms with Crippen molar-refractivity contribution < 1.29 is 32.3 Å². The van der Waals surface area contributed by atoms with Crippen LogP contribution in [0.4, 0.5) is 18.9 Å². The number of ether oxygens (including phenoxy) is 1. The van der Waals surface area contributed by atoms with Crippen molar-refractivity contribution in [1.29, 1.82) is 0 Å². The van der Waals surface area contributed by atoms with Gasteiger partial charge in [0.05, 0.1) is 23.4 Å². The van der Waals surface area contributed by atoms with Gasteiger partial charge >= 0.3 is 6.61 Å². The van der Waals surface area contributed by atoms with Crippen LogP contribution in [0.15, 0.2) is 18.2 Å². The van der Waals surface area contributed by atoms with Crippen molar-refractivity contribution in [3.05, 3.63) is 52.1 Å². The van der Waals surface area contributed by atoms with Gasteiger partial charge in [0.25, 0.3) is 17.6 Å². The highest BCUT2D eigenvalue weighted by Gasteiger charge is 2.32. The van der Waals surface area contributed by atoms with Crippen molar-refractivity contribution in [3.63, 3.8) is 0 Å². The molecule has 174 valence electrons. The molecule has 0 bridgehead atoms. The average Bonchev–Trinajstić information content (AvgIpc) is 2.91. The molecular weight excluding hydrogens is 427 g/mol. The van der Waals surface area contributed by atoms with Crippen molar-refractivity contribution in [2.45, 2.75) is 46.8 Å². The molecule has 0 aliphatic carbocycles. The van der Waals surface area contributed by atoms with Crippen LogP contribution < -0.4 is 10.6 Å². The predicted molar refractivity (Wildman–Crippen MR) is 112 cm³/mol. The van der Waals surface area contributed by atoms with E-state index in [9.17, 15) is 27.6 Å². The second kappa shape index (κ2) is 9.56. The molecule has 7 nitrogen and oxygen atoms in total. The molecule has 0 saturated heterocycles. The summed E-state index contributed by atoms with van der Waals surface area (Å²) in [6, 6.07) is 4.12. The van der Waals surface area contributed by atoms with Gasteiger partial charge in [-0.3, -0.25) is 14.4 Å². The summed E-state index contributed by atoms with van der Waals surface area (Å²) in [6.45, 7) is 4.08. The number of Topliss-reactive ketones (excluding diaryl/α,β-unsaturated/α-hetero) is 1. The summed E-state index contributed by atoms with van der Waals surface area (Å²) in [6.07, 6.45) is 0. The van der Waals surface area contributed by atoms with Gasteiger partial charge in [0.2, 0.25) is 0 Å². The number of benzene rings is 1. The number of carbonyl (C=O) groups is 3. The van der Waals surface area contributed by atoms with E-state index in [1.165, 1.54) is 50.6 Å². The fourth-order valence-corrected chi connectivity index (χ4v) is 3.33. The summed E-state index contributed by atoms with van der Waals surface area (Å²) >= 11 is 0. The molecule has 0 atom stereocenters. The lowest BCUT2D eigenvalue weighted by molar-refractivity contribution is -0.144. The third-order valence-electron chi connectivity index (χ3n) is 5.02. The molecule has 32 heavy (non-hydrogen) atoms. The summed E-state index contributed by atoms with van der Waals surface area (Å²) in [5.41, 5.74) is 0.423. The minimum absolute atomic E-state index is 0.00832. The van der Waals surface area contributed by atoms with E-state index in [-0.39, 0.29) is 16.8 Å². The fraction of sp³-hybridized carbons (Fsp3) is 0.409. The number of alkyl halides is 2. The number of aromatic nitrogens is 1. The van der Waals surface area contributed by atoms with Gasteiger partial charge in [-0.15, -0.1) is 0 Å². The second-order valence-electron chi connectivity index (χ2n) is 8.15. The van der Waals surface area contributed by atoms with Crippen LogP contribution in [0, 0.1) is 26.6 Å². The number of nitrogens with zero attached hydrogens (tertiary/aromatic N) is 1. The number of hydrogen-bond acceptors (Lipinski definition) is 4. The Balaban J connectivity index is 2.28. The lowest BCUT2D eigenvalue weighted by Crippen LogP contribution is -2.50. The number of carbonyl (C=O) groups excluding carboxylic acids is 3. The monoisotopic (exact) mass is 453 g/mol. The number of rotatable bonds is 8. The normalized spacial score (nSPS) is 11.6. The Bertz CT molecular complexity index is 1060. The second-order valence-corrected chi connectivity index (χ2v) is 8.15. The van der Waals surface area contributed by atoms with Crippen LogP contribution in [0.3, 0.4) is 0 Å². The number of aryl methyl sites for hydroxylation is 1. The van der Waals surface area contributed by atoms with Crippen molar-refractivity contribution in [3.8, 4) is 0 Å². The number of nitrogens with one attached hydrogen (secondary N) is 2. The van der Waals surface area contributed by atoms with Crippen LogP contribution >= 0.6 is 0 Å². The molecule has 2 rings (SSSR count). The van der Waals surface area contributed by atoms with Crippen molar-refractivity contribution in [1.82, 2.24) is 9.88 Å². The molecule has 0 fully saturated rings. The van der Waals surface area contributed by atoms with Crippen molar-refractivity contribution in [2.75, 3.05) is 11.9 Å². The van der Waals surface area contributed by atoms with Crippen molar-refractivity contribution in [2.24, 2.45) is 7.05 Å². The van der Waals surface area contributed by atoms with E-state index in [0.29, 0.717) is 16.9 Å². The molecule has 2 amide bonds. The fourth-order valence-electron chi connectivity index (χ4n) is 3.33. The molecule has 1 aromatic carbocycles. The van der Waals surface area contributed by atoms with Gasteiger partial charge in [0, 0.05) is 18.4 Å². The third-order valence-corrected chi connectivity index (χ3v) is 5.02. The van der Waals surface area contributed by atoms with E-state index in [1.54, 1.807) is 13.8 Å². The van der Waals surface area contributed by atoms with Crippen LogP contribution in [0.25, 0.3) is 0 Å². The van der Waals surface area contributed by atoms with Gasteiger partial charge in [-0.05, 0) is 63.9 Å². The van der Waals surface area contributed by atoms with Crippen LogP contribution in [0.2, 0.25) is 0 Å². The molecule has 1 heterocycles. The molecule has 2 N–H and O–H groups in total. The third kappa shape index (κ3) is 5.56. The first-order valence-electron chi connectivity index (χ1n) is 9.75. The Morgan fingerprint density at radius 2 is 1.78 bits per heavy atom. The van der Waals surface area contributed by atoms with Crippen LogP contribution in [-0.4, -0.2) is 40.9 Å². The maximum absolute atomic E-state index is 13.5. The van der Waals surface area contributed by atoms with E-state index in [1.807, 2.05) is 0 Å². The summed E-state index contributed by atoms with van der Waals surface area (Å²) in [5, 5.41) is 5.04. The Labute approximate surface area is 183 Å². The Morgan fingerprint density at radius 1 is 1.16 bits per heavy atom. The van der Waals surface area contributed by atoms with E-state index in [4.69, 9.17) is 0 Å². The molecule has 10 heteroatoms. The summed E-state index contributed by atoms with van der Waals surface area (Å²) in [7, 11) is 1.53. The van der Waals surface area contributed by atoms with Crippen LogP contribution in [-0.2, 0) is 16.6 Å².